The molecule has 2 aromatic heterocycles. The molecule has 7 heteroatoms. The van der Waals surface area contributed by atoms with Gasteiger partial charge in [-0.25, -0.2) is 9.78 Å². The number of oxazole rings is 1. The first kappa shape index (κ1) is 15.0. The van der Waals surface area contributed by atoms with Crippen LogP contribution >= 0.6 is 11.3 Å². The van der Waals surface area contributed by atoms with Crippen molar-refractivity contribution < 1.29 is 19.1 Å². The summed E-state index contributed by atoms with van der Waals surface area (Å²) in [5, 5.41) is 13.7. The first-order valence-corrected chi connectivity index (χ1v) is 7.61. The number of carboxylic acids is 1. The zero-order valence-corrected chi connectivity index (χ0v) is 12.6. The molecule has 2 heterocycles. The normalized spacial score (nSPS) is 11.8. The second kappa shape index (κ2) is 6.45. The molecule has 0 bridgehead atoms. The first-order valence-electron chi connectivity index (χ1n) is 6.73. The van der Waals surface area contributed by atoms with E-state index in [0.717, 1.165) is 4.88 Å². The maximum atomic E-state index is 12.4. The Morgan fingerprint density at radius 1 is 1.17 bits per heavy atom. The minimum Gasteiger partial charge on any atom is -0.479 e. The highest BCUT2D eigenvalue weighted by Gasteiger charge is 2.26. The molecule has 1 atom stereocenters. The van der Waals surface area contributed by atoms with Gasteiger partial charge >= 0.3 is 5.97 Å². The second-order valence-corrected chi connectivity index (χ2v) is 5.61. The number of nitrogens with zero attached hydrogens (tertiary/aromatic N) is 1. The van der Waals surface area contributed by atoms with Crippen molar-refractivity contribution in [1.82, 2.24) is 10.3 Å². The average molecular weight is 328 g/mol. The molecular formula is C16H12N2O4S. The van der Waals surface area contributed by atoms with Crippen molar-refractivity contribution in [2.75, 3.05) is 0 Å². The number of carboxylic acid groups (broad SMARTS) is 1. The van der Waals surface area contributed by atoms with Crippen molar-refractivity contribution in [3.63, 3.8) is 0 Å². The molecule has 1 aromatic carbocycles. The van der Waals surface area contributed by atoms with Gasteiger partial charge in [-0.1, -0.05) is 36.4 Å². The third kappa shape index (κ3) is 3.14. The Morgan fingerprint density at radius 2 is 1.96 bits per heavy atom. The van der Waals surface area contributed by atoms with Gasteiger partial charge in [0.1, 0.15) is 0 Å². The Morgan fingerprint density at radius 3 is 2.61 bits per heavy atom. The van der Waals surface area contributed by atoms with Gasteiger partial charge in [0.25, 0.3) is 5.91 Å². The summed E-state index contributed by atoms with van der Waals surface area (Å²) in [6, 6.07) is 11.0. The zero-order chi connectivity index (χ0) is 16.2. The van der Waals surface area contributed by atoms with Gasteiger partial charge in [-0.05, 0) is 17.0 Å². The van der Waals surface area contributed by atoms with Crippen molar-refractivity contribution in [3.05, 3.63) is 65.5 Å². The maximum Gasteiger partial charge on any atom is 0.330 e. The lowest BCUT2D eigenvalue weighted by Crippen LogP contribution is -2.34. The fraction of sp³-hybridized carbons (Fsp3) is 0.0625. The second-order valence-electron chi connectivity index (χ2n) is 4.66. The summed E-state index contributed by atoms with van der Waals surface area (Å²) in [6.07, 6.45) is 1.17. The van der Waals surface area contributed by atoms with Crippen molar-refractivity contribution in [3.8, 4) is 10.6 Å². The molecule has 0 saturated carbocycles. The number of thiophene rings is 1. The lowest BCUT2D eigenvalue weighted by atomic mass is 10.1. The van der Waals surface area contributed by atoms with E-state index in [4.69, 9.17) is 4.42 Å². The summed E-state index contributed by atoms with van der Waals surface area (Å²) in [5.41, 5.74) is 0.546. The van der Waals surface area contributed by atoms with Gasteiger partial charge in [0.05, 0.1) is 4.88 Å². The quantitative estimate of drug-likeness (QED) is 0.751. The molecule has 0 aliphatic heterocycles. The van der Waals surface area contributed by atoms with Gasteiger partial charge in [-0.2, -0.15) is 0 Å². The van der Waals surface area contributed by atoms with Crippen LogP contribution in [0.4, 0.5) is 0 Å². The zero-order valence-electron chi connectivity index (χ0n) is 11.8. The van der Waals surface area contributed by atoms with Gasteiger partial charge in [0.15, 0.2) is 23.9 Å². The van der Waals surface area contributed by atoms with E-state index in [1.807, 2.05) is 11.4 Å². The number of rotatable bonds is 5. The SMILES string of the molecule is O=C(NC(C(=O)O)c1ccccc1)c1ncoc1-c1cccs1. The topological polar surface area (TPSA) is 92.4 Å². The van der Waals surface area contributed by atoms with E-state index in [-0.39, 0.29) is 5.69 Å². The van der Waals surface area contributed by atoms with Crippen LogP contribution in [0.3, 0.4) is 0 Å². The van der Waals surface area contributed by atoms with E-state index in [2.05, 4.69) is 10.3 Å². The molecule has 0 saturated heterocycles. The van der Waals surface area contributed by atoms with Crippen molar-refractivity contribution in [1.29, 1.82) is 0 Å². The van der Waals surface area contributed by atoms with Crippen LogP contribution in [0.5, 0.6) is 0 Å². The summed E-state index contributed by atoms with van der Waals surface area (Å²) < 4.78 is 5.27. The van der Waals surface area contributed by atoms with E-state index in [0.29, 0.717) is 11.3 Å². The first-order chi connectivity index (χ1) is 11.2. The lowest BCUT2D eigenvalue weighted by Gasteiger charge is -2.14. The van der Waals surface area contributed by atoms with E-state index < -0.39 is 17.9 Å². The summed E-state index contributed by atoms with van der Waals surface area (Å²) in [6.45, 7) is 0. The number of nitrogens with one attached hydrogen (secondary N) is 1. The molecule has 0 aliphatic rings. The Bertz CT molecular complexity index is 812. The number of hydrogen-bond acceptors (Lipinski definition) is 5. The minimum atomic E-state index is -1.16. The van der Waals surface area contributed by atoms with Crippen LogP contribution < -0.4 is 5.32 Å². The van der Waals surface area contributed by atoms with Gasteiger partial charge in [0, 0.05) is 0 Å². The van der Waals surface area contributed by atoms with Crippen LogP contribution in [0.25, 0.3) is 10.6 Å². The van der Waals surface area contributed by atoms with Gasteiger partial charge < -0.3 is 14.8 Å². The molecule has 1 amide bonds. The molecule has 0 fully saturated rings. The van der Waals surface area contributed by atoms with Crippen LogP contribution in [-0.4, -0.2) is 22.0 Å². The Hall–Kier alpha value is -2.93. The predicted molar refractivity (Wildman–Crippen MR) is 84.1 cm³/mol. The predicted octanol–water partition coefficient (Wildman–Crippen LogP) is 2.96. The van der Waals surface area contributed by atoms with Crippen LogP contribution in [-0.2, 0) is 4.79 Å². The molecule has 116 valence electrons. The number of carbonyl (C=O) groups is 2. The largest absolute Gasteiger partial charge is 0.479 e. The molecule has 2 N–H and O–H groups in total. The van der Waals surface area contributed by atoms with E-state index in [9.17, 15) is 14.7 Å². The molecular weight excluding hydrogens is 316 g/mol. The molecule has 3 rings (SSSR count). The number of aliphatic carboxylic acids is 1. The van der Waals surface area contributed by atoms with Crippen LogP contribution in [0.15, 0.2) is 58.7 Å². The highest BCUT2D eigenvalue weighted by molar-refractivity contribution is 7.13. The molecule has 0 radical (unpaired) electrons. The van der Waals surface area contributed by atoms with E-state index in [1.165, 1.54) is 17.7 Å². The molecule has 0 spiro atoms. The average Bonchev–Trinajstić information content (AvgIpc) is 3.23. The summed E-state index contributed by atoms with van der Waals surface area (Å²) in [4.78, 5) is 28.5. The fourth-order valence-corrected chi connectivity index (χ4v) is 2.84. The number of benzene rings is 1. The maximum absolute atomic E-state index is 12.4. The number of amides is 1. The Kier molecular flexibility index (Phi) is 4.20. The Labute approximate surface area is 135 Å². The third-order valence-corrected chi connectivity index (χ3v) is 4.05. The molecule has 23 heavy (non-hydrogen) atoms. The summed E-state index contributed by atoms with van der Waals surface area (Å²) >= 11 is 1.40. The highest BCUT2D eigenvalue weighted by atomic mass is 32.1. The standard InChI is InChI=1S/C16H12N2O4S/c19-15(13-14(22-9-17-13)11-7-4-8-23-11)18-12(16(20)21)10-5-2-1-3-6-10/h1-9,12H,(H,18,19)(H,20,21). The third-order valence-electron chi connectivity index (χ3n) is 3.18. The number of aromatic nitrogens is 1. The number of carbonyl (C=O) groups excluding carboxylic acids is 1. The van der Waals surface area contributed by atoms with Crippen LogP contribution in [0.1, 0.15) is 22.1 Å². The van der Waals surface area contributed by atoms with Crippen LogP contribution in [0.2, 0.25) is 0 Å². The van der Waals surface area contributed by atoms with Crippen molar-refractivity contribution >= 4 is 23.2 Å². The summed E-state index contributed by atoms with van der Waals surface area (Å²) in [7, 11) is 0. The van der Waals surface area contributed by atoms with E-state index >= 15 is 0 Å². The fourth-order valence-electron chi connectivity index (χ4n) is 2.12. The molecule has 3 aromatic rings. The Balaban J connectivity index is 1.87. The smallest absolute Gasteiger partial charge is 0.330 e. The van der Waals surface area contributed by atoms with Gasteiger partial charge in [-0.3, -0.25) is 4.79 Å². The van der Waals surface area contributed by atoms with Gasteiger partial charge in [-0.15, -0.1) is 11.3 Å². The highest BCUT2D eigenvalue weighted by Crippen LogP contribution is 2.28. The molecule has 0 aliphatic carbocycles. The number of hydrogen-bond donors (Lipinski definition) is 2. The van der Waals surface area contributed by atoms with Crippen molar-refractivity contribution in [2.24, 2.45) is 0 Å². The minimum absolute atomic E-state index is 0.0645. The molecule has 6 nitrogen and oxygen atoms in total. The van der Waals surface area contributed by atoms with E-state index in [1.54, 1.807) is 36.4 Å². The molecule has 1 unspecified atom stereocenters. The monoisotopic (exact) mass is 328 g/mol. The van der Waals surface area contributed by atoms with Crippen molar-refractivity contribution in [2.45, 2.75) is 6.04 Å². The van der Waals surface area contributed by atoms with Gasteiger partial charge in [0.2, 0.25) is 0 Å². The lowest BCUT2D eigenvalue weighted by molar-refractivity contribution is -0.139. The van der Waals surface area contributed by atoms with Crippen LogP contribution in [0, 0.1) is 0 Å². The summed E-state index contributed by atoms with van der Waals surface area (Å²) in [5.74, 6) is -1.42.